The second-order valence-corrected chi connectivity index (χ2v) is 6.27. The van der Waals surface area contributed by atoms with Gasteiger partial charge < -0.3 is 15.0 Å². The van der Waals surface area contributed by atoms with Crippen LogP contribution in [0.1, 0.15) is 13.3 Å². The van der Waals surface area contributed by atoms with Crippen molar-refractivity contribution in [3.63, 3.8) is 0 Å². The Balaban J connectivity index is 0.00000261. The van der Waals surface area contributed by atoms with Gasteiger partial charge in [-0.25, -0.2) is 4.98 Å². The van der Waals surface area contributed by atoms with E-state index in [1.54, 1.807) is 0 Å². The van der Waals surface area contributed by atoms with E-state index in [0.717, 1.165) is 50.0 Å². The van der Waals surface area contributed by atoms with E-state index in [-0.39, 0.29) is 18.3 Å². The van der Waals surface area contributed by atoms with Gasteiger partial charge in [0.25, 0.3) is 0 Å². The second kappa shape index (κ2) is 10.7. The molecule has 0 atom stereocenters. The Morgan fingerprint density at radius 2 is 1.85 bits per heavy atom. The number of hydrogen-bond acceptors (Lipinski definition) is 5. The number of benzene rings is 1. The fraction of sp³-hybridized carbons (Fsp3) is 0.400. The molecule has 1 fully saturated rings. The minimum Gasteiger partial charge on any atom is -0.494 e. The number of carbonyl (C=O) groups is 1. The number of amides is 1. The molecular formula is C20H27ClN4O2. The van der Waals surface area contributed by atoms with E-state index >= 15 is 0 Å². The SMILES string of the molecule is CCOc1ccc(NC(=O)CCN2CCN(c3ccccn3)CC2)cc1.Cl. The second-order valence-electron chi connectivity index (χ2n) is 6.27. The number of pyridine rings is 1. The van der Waals surface area contributed by atoms with Gasteiger partial charge in [-0.1, -0.05) is 6.07 Å². The minimum atomic E-state index is 0. The highest BCUT2D eigenvalue weighted by Crippen LogP contribution is 2.16. The van der Waals surface area contributed by atoms with Gasteiger partial charge in [0.05, 0.1) is 6.61 Å². The highest BCUT2D eigenvalue weighted by atomic mass is 35.5. The lowest BCUT2D eigenvalue weighted by molar-refractivity contribution is -0.116. The van der Waals surface area contributed by atoms with Crippen LogP contribution in [0.15, 0.2) is 48.7 Å². The van der Waals surface area contributed by atoms with Crippen molar-refractivity contribution in [2.24, 2.45) is 0 Å². The largest absolute Gasteiger partial charge is 0.494 e. The van der Waals surface area contributed by atoms with Crippen LogP contribution in [0.5, 0.6) is 5.75 Å². The molecule has 0 radical (unpaired) electrons. The molecular weight excluding hydrogens is 364 g/mol. The smallest absolute Gasteiger partial charge is 0.225 e. The Morgan fingerprint density at radius 3 is 2.48 bits per heavy atom. The average Bonchev–Trinajstić information content (AvgIpc) is 2.69. The van der Waals surface area contributed by atoms with Crippen molar-refractivity contribution in [2.45, 2.75) is 13.3 Å². The molecule has 1 aromatic carbocycles. The molecule has 0 unspecified atom stereocenters. The first-order valence-electron chi connectivity index (χ1n) is 9.15. The summed E-state index contributed by atoms with van der Waals surface area (Å²) in [5.41, 5.74) is 0.804. The van der Waals surface area contributed by atoms with Gasteiger partial charge in [-0.05, 0) is 43.3 Å². The Bertz CT molecular complexity index is 689. The Kier molecular flexibility index (Phi) is 8.36. The van der Waals surface area contributed by atoms with Gasteiger partial charge in [-0.2, -0.15) is 0 Å². The van der Waals surface area contributed by atoms with Crippen LogP contribution in [-0.2, 0) is 4.79 Å². The molecule has 7 heteroatoms. The van der Waals surface area contributed by atoms with Crippen molar-refractivity contribution in [3.05, 3.63) is 48.7 Å². The Hall–Kier alpha value is -2.31. The van der Waals surface area contributed by atoms with Crippen molar-refractivity contribution in [1.82, 2.24) is 9.88 Å². The van der Waals surface area contributed by atoms with Gasteiger partial charge in [0.2, 0.25) is 5.91 Å². The maximum Gasteiger partial charge on any atom is 0.225 e. The topological polar surface area (TPSA) is 57.7 Å². The molecule has 0 spiro atoms. The molecule has 2 aromatic rings. The number of aromatic nitrogens is 1. The Labute approximate surface area is 166 Å². The molecule has 1 N–H and O–H groups in total. The van der Waals surface area contributed by atoms with E-state index < -0.39 is 0 Å². The number of anilines is 2. The number of halogens is 1. The van der Waals surface area contributed by atoms with E-state index in [1.165, 1.54) is 0 Å². The van der Waals surface area contributed by atoms with Gasteiger partial charge in [0.15, 0.2) is 0 Å². The highest BCUT2D eigenvalue weighted by Gasteiger charge is 2.18. The van der Waals surface area contributed by atoms with Crippen LogP contribution in [-0.4, -0.2) is 55.1 Å². The molecule has 1 aliphatic heterocycles. The number of hydrogen-bond donors (Lipinski definition) is 1. The third-order valence-corrected chi connectivity index (χ3v) is 4.45. The summed E-state index contributed by atoms with van der Waals surface area (Å²) in [6.45, 7) is 7.15. The number of carbonyl (C=O) groups excluding carboxylic acids is 1. The van der Waals surface area contributed by atoms with Crippen LogP contribution in [0.4, 0.5) is 11.5 Å². The van der Waals surface area contributed by atoms with E-state index in [1.807, 2.05) is 55.6 Å². The fourth-order valence-electron chi connectivity index (χ4n) is 3.03. The Morgan fingerprint density at radius 1 is 1.11 bits per heavy atom. The lowest BCUT2D eigenvalue weighted by atomic mass is 10.2. The molecule has 0 aliphatic carbocycles. The first kappa shape index (κ1) is 21.0. The third-order valence-electron chi connectivity index (χ3n) is 4.45. The van der Waals surface area contributed by atoms with Crippen LogP contribution in [0, 0.1) is 0 Å². The molecule has 6 nitrogen and oxygen atoms in total. The normalized spacial score (nSPS) is 14.3. The molecule has 27 heavy (non-hydrogen) atoms. The fourth-order valence-corrected chi connectivity index (χ4v) is 3.03. The molecule has 0 bridgehead atoms. The summed E-state index contributed by atoms with van der Waals surface area (Å²) < 4.78 is 5.41. The predicted molar refractivity (Wildman–Crippen MR) is 111 cm³/mol. The van der Waals surface area contributed by atoms with Crippen molar-refractivity contribution in [3.8, 4) is 5.75 Å². The monoisotopic (exact) mass is 390 g/mol. The van der Waals surface area contributed by atoms with Gasteiger partial charge in [0, 0.05) is 51.0 Å². The number of nitrogens with zero attached hydrogens (tertiary/aromatic N) is 3. The molecule has 146 valence electrons. The van der Waals surface area contributed by atoms with E-state index in [9.17, 15) is 4.79 Å². The zero-order valence-electron chi connectivity index (χ0n) is 15.6. The van der Waals surface area contributed by atoms with E-state index in [0.29, 0.717) is 13.0 Å². The first-order valence-corrected chi connectivity index (χ1v) is 9.15. The van der Waals surface area contributed by atoms with Crippen LogP contribution in [0.25, 0.3) is 0 Å². The predicted octanol–water partition coefficient (Wildman–Crippen LogP) is 3.05. The first-order chi connectivity index (χ1) is 12.7. The summed E-state index contributed by atoms with van der Waals surface area (Å²) in [6, 6.07) is 13.5. The maximum atomic E-state index is 12.2. The van der Waals surface area contributed by atoms with Gasteiger partial charge in [0.1, 0.15) is 11.6 Å². The number of nitrogens with one attached hydrogen (secondary N) is 1. The molecule has 1 saturated heterocycles. The average molecular weight is 391 g/mol. The zero-order chi connectivity index (χ0) is 18.2. The summed E-state index contributed by atoms with van der Waals surface area (Å²) in [5, 5.41) is 2.94. The third kappa shape index (κ3) is 6.41. The summed E-state index contributed by atoms with van der Waals surface area (Å²) in [4.78, 5) is 21.2. The maximum absolute atomic E-state index is 12.2. The van der Waals surface area contributed by atoms with Crippen molar-refractivity contribution in [1.29, 1.82) is 0 Å². The zero-order valence-corrected chi connectivity index (χ0v) is 16.5. The van der Waals surface area contributed by atoms with Crippen molar-refractivity contribution < 1.29 is 9.53 Å². The highest BCUT2D eigenvalue weighted by molar-refractivity contribution is 5.90. The van der Waals surface area contributed by atoms with E-state index in [2.05, 4.69) is 20.1 Å². The standard InChI is InChI=1S/C20H26N4O2.ClH/c1-2-26-18-8-6-17(7-9-18)22-20(25)10-12-23-13-15-24(16-14-23)19-5-3-4-11-21-19;/h3-9,11H,2,10,12-16H2,1H3,(H,22,25);1H. The van der Waals surface area contributed by atoms with Crippen LogP contribution in [0.3, 0.4) is 0 Å². The van der Waals surface area contributed by atoms with E-state index in [4.69, 9.17) is 4.74 Å². The number of ether oxygens (including phenoxy) is 1. The summed E-state index contributed by atoms with van der Waals surface area (Å²) in [7, 11) is 0. The van der Waals surface area contributed by atoms with Gasteiger partial charge in [-0.15, -0.1) is 12.4 Å². The van der Waals surface area contributed by atoms with Gasteiger partial charge >= 0.3 is 0 Å². The minimum absolute atomic E-state index is 0. The number of rotatable bonds is 7. The van der Waals surface area contributed by atoms with Crippen LogP contribution in [0.2, 0.25) is 0 Å². The number of piperazine rings is 1. The lowest BCUT2D eigenvalue weighted by Crippen LogP contribution is -2.47. The van der Waals surface area contributed by atoms with Crippen LogP contribution >= 0.6 is 12.4 Å². The van der Waals surface area contributed by atoms with Crippen molar-refractivity contribution >= 4 is 29.8 Å². The summed E-state index contributed by atoms with van der Waals surface area (Å²) in [6.07, 6.45) is 2.32. The molecule has 2 heterocycles. The summed E-state index contributed by atoms with van der Waals surface area (Å²) >= 11 is 0. The van der Waals surface area contributed by atoms with Crippen LogP contribution < -0.4 is 15.0 Å². The quantitative estimate of drug-likeness (QED) is 0.787. The lowest BCUT2D eigenvalue weighted by Gasteiger charge is -2.35. The molecule has 0 saturated carbocycles. The molecule has 1 aromatic heterocycles. The molecule has 1 amide bonds. The molecule has 1 aliphatic rings. The van der Waals surface area contributed by atoms with Gasteiger partial charge in [-0.3, -0.25) is 9.69 Å². The van der Waals surface area contributed by atoms with Crippen molar-refractivity contribution in [2.75, 3.05) is 49.5 Å². The summed E-state index contributed by atoms with van der Waals surface area (Å²) in [5.74, 6) is 1.89. The molecule has 3 rings (SSSR count).